The number of hydrogen-bond donors (Lipinski definition) is 0. The number of pyridine rings is 1. The van der Waals surface area contributed by atoms with Gasteiger partial charge in [-0.05, 0) is 49.6 Å². The first-order valence-electron chi connectivity index (χ1n) is 9.37. The number of nitrogens with zero attached hydrogens (tertiary/aromatic N) is 5. The Hall–Kier alpha value is -2.95. The highest BCUT2D eigenvalue weighted by atomic mass is 15.3. The van der Waals surface area contributed by atoms with Gasteiger partial charge in [-0.15, -0.1) is 0 Å². The first kappa shape index (κ1) is 18.8. The number of hydrogen-bond acceptors (Lipinski definition) is 5. The zero-order chi connectivity index (χ0) is 19.1. The monoisotopic (exact) mass is 361 g/mol. The molecule has 0 aliphatic heterocycles. The highest BCUT2D eigenvalue weighted by Crippen LogP contribution is 2.19. The maximum absolute atomic E-state index is 4.83. The molecule has 0 aliphatic carbocycles. The van der Waals surface area contributed by atoms with E-state index in [1.54, 1.807) is 0 Å². The van der Waals surface area contributed by atoms with Crippen LogP contribution in [0.3, 0.4) is 0 Å². The molecule has 5 nitrogen and oxygen atoms in total. The van der Waals surface area contributed by atoms with Crippen molar-refractivity contribution in [1.29, 1.82) is 0 Å². The second kappa shape index (κ2) is 9.12. The van der Waals surface area contributed by atoms with E-state index in [2.05, 4.69) is 77.1 Å². The van der Waals surface area contributed by atoms with E-state index in [9.17, 15) is 0 Å². The summed E-state index contributed by atoms with van der Waals surface area (Å²) in [4.78, 5) is 17.8. The van der Waals surface area contributed by atoms with Crippen molar-refractivity contribution in [2.24, 2.45) is 0 Å². The molecular formula is C22H27N5. The van der Waals surface area contributed by atoms with Crippen LogP contribution in [0.1, 0.15) is 25.0 Å². The lowest BCUT2D eigenvalue weighted by Crippen LogP contribution is -2.32. The molecule has 0 aliphatic rings. The highest BCUT2D eigenvalue weighted by Gasteiger charge is 2.15. The van der Waals surface area contributed by atoms with Crippen molar-refractivity contribution in [3.8, 4) is 0 Å². The summed E-state index contributed by atoms with van der Waals surface area (Å²) in [6, 6.07) is 16.8. The minimum Gasteiger partial charge on any atom is -0.359 e. The van der Waals surface area contributed by atoms with Crippen molar-refractivity contribution in [3.63, 3.8) is 0 Å². The van der Waals surface area contributed by atoms with Crippen LogP contribution in [0, 0.1) is 0 Å². The molecule has 0 radical (unpaired) electrons. The fourth-order valence-corrected chi connectivity index (χ4v) is 2.92. The van der Waals surface area contributed by atoms with E-state index in [4.69, 9.17) is 4.98 Å². The molecular weight excluding hydrogens is 334 g/mol. The van der Waals surface area contributed by atoms with Crippen molar-refractivity contribution in [1.82, 2.24) is 15.0 Å². The first-order chi connectivity index (χ1) is 13.1. The van der Waals surface area contributed by atoms with E-state index in [0.717, 1.165) is 31.3 Å². The molecule has 5 heteroatoms. The number of likely N-dealkylation sites (N-methyl/N-ethyl adjacent to an activating group) is 1. The number of anilines is 2. The molecule has 140 valence electrons. The fourth-order valence-electron chi connectivity index (χ4n) is 2.92. The number of rotatable bonds is 8. The van der Waals surface area contributed by atoms with Gasteiger partial charge in [0.2, 0.25) is 5.95 Å². The largest absolute Gasteiger partial charge is 0.359 e. The topological polar surface area (TPSA) is 45.2 Å². The van der Waals surface area contributed by atoms with Gasteiger partial charge in [0, 0.05) is 44.8 Å². The zero-order valence-electron chi connectivity index (χ0n) is 16.3. The van der Waals surface area contributed by atoms with Crippen molar-refractivity contribution in [2.75, 3.05) is 23.4 Å². The van der Waals surface area contributed by atoms with Gasteiger partial charge in [0.1, 0.15) is 5.82 Å². The Bertz CT molecular complexity index is 820. The minimum atomic E-state index is 0.308. The van der Waals surface area contributed by atoms with Crippen LogP contribution in [0.25, 0.3) is 0 Å². The van der Waals surface area contributed by atoms with Crippen LogP contribution in [0.5, 0.6) is 0 Å². The second-order valence-electron chi connectivity index (χ2n) is 6.95. The first-order valence-corrected chi connectivity index (χ1v) is 9.37. The third kappa shape index (κ3) is 5.26. The maximum Gasteiger partial charge on any atom is 0.227 e. The van der Waals surface area contributed by atoms with Gasteiger partial charge in [-0.1, -0.05) is 30.3 Å². The summed E-state index contributed by atoms with van der Waals surface area (Å²) in [5.41, 5.74) is 2.53. The van der Waals surface area contributed by atoms with Gasteiger partial charge in [-0.3, -0.25) is 4.98 Å². The van der Waals surface area contributed by atoms with E-state index in [1.807, 2.05) is 30.7 Å². The normalized spacial score (nSPS) is 10.8. The van der Waals surface area contributed by atoms with Crippen molar-refractivity contribution >= 4 is 11.8 Å². The molecule has 0 unspecified atom stereocenters. The van der Waals surface area contributed by atoms with E-state index in [0.29, 0.717) is 6.04 Å². The maximum atomic E-state index is 4.83. The molecule has 2 aromatic heterocycles. The summed E-state index contributed by atoms with van der Waals surface area (Å²) in [5, 5.41) is 0. The van der Waals surface area contributed by atoms with E-state index in [1.165, 1.54) is 11.1 Å². The predicted octanol–water partition coefficient (Wildman–Crippen LogP) is 3.97. The van der Waals surface area contributed by atoms with Crippen molar-refractivity contribution in [2.45, 2.75) is 32.9 Å². The number of benzene rings is 1. The molecule has 0 fully saturated rings. The third-order valence-electron chi connectivity index (χ3n) is 4.58. The molecule has 0 saturated heterocycles. The standard InChI is InChI=1S/C22H27N5/c1-18(2)27(17-20-7-5-4-6-8-20)22-24-15-11-21(25-22)26(3)16-12-19-9-13-23-14-10-19/h4-11,13-15,18H,12,16-17H2,1-3H3. The smallest absolute Gasteiger partial charge is 0.227 e. The summed E-state index contributed by atoms with van der Waals surface area (Å²) >= 11 is 0. The van der Waals surface area contributed by atoms with Crippen molar-refractivity contribution in [3.05, 3.63) is 78.2 Å². The Morgan fingerprint density at radius 3 is 2.33 bits per heavy atom. The quantitative estimate of drug-likeness (QED) is 0.607. The van der Waals surface area contributed by atoms with Gasteiger partial charge >= 0.3 is 0 Å². The summed E-state index contributed by atoms with van der Waals surface area (Å²) in [7, 11) is 2.07. The Morgan fingerprint density at radius 1 is 0.889 bits per heavy atom. The molecule has 0 spiro atoms. The van der Waals surface area contributed by atoms with Crippen LogP contribution < -0.4 is 9.80 Å². The van der Waals surface area contributed by atoms with Crippen LogP contribution >= 0.6 is 0 Å². The van der Waals surface area contributed by atoms with E-state index < -0.39 is 0 Å². The minimum absolute atomic E-state index is 0.308. The van der Waals surface area contributed by atoms with Crippen molar-refractivity contribution < 1.29 is 0 Å². The summed E-state index contributed by atoms with van der Waals surface area (Å²) in [5.74, 6) is 1.70. The van der Waals surface area contributed by atoms with E-state index in [-0.39, 0.29) is 0 Å². The molecule has 0 N–H and O–H groups in total. The molecule has 0 bridgehead atoms. The summed E-state index contributed by atoms with van der Waals surface area (Å²) in [6.45, 7) is 6.03. The SMILES string of the molecule is CC(C)N(Cc1ccccc1)c1nccc(N(C)CCc2ccncc2)n1. The zero-order valence-corrected chi connectivity index (χ0v) is 16.3. The molecule has 0 atom stereocenters. The average Bonchev–Trinajstić information content (AvgIpc) is 2.71. The molecule has 3 aromatic rings. The van der Waals surface area contributed by atoms with Gasteiger partial charge in [-0.25, -0.2) is 4.98 Å². The van der Waals surface area contributed by atoms with Gasteiger partial charge in [-0.2, -0.15) is 4.98 Å². The predicted molar refractivity (Wildman–Crippen MR) is 111 cm³/mol. The fraction of sp³-hybridized carbons (Fsp3) is 0.318. The van der Waals surface area contributed by atoms with Crippen LogP contribution in [0.4, 0.5) is 11.8 Å². The molecule has 1 aromatic carbocycles. The van der Waals surface area contributed by atoms with Crippen LogP contribution in [0.2, 0.25) is 0 Å². The van der Waals surface area contributed by atoms with Gasteiger partial charge < -0.3 is 9.80 Å². The van der Waals surface area contributed by atoms with Crippen LogP contribution in [-0.4, -0.2) is 34.6 Å². The lowest BCUT2D eigenvalue weighted by molar-refractivity contribution is 0.659. The summed E-state index contributed by atoms with van der Waals surface area (Å²) < 4.78 is 0. The van der Waals surface area contributed by atoms with Gasteiger partial charge in [0.15, 0.2) is 0 Å². The lowest BCUT2D eigenvalue weighted by atomic mass is 10.2. The summed E-state index contributed by atoms with van der Waals surface area (Å²) in [6.07, 6.45) is 6.47. The van der Waals surface area contributed by atoms with E-state index >= 15 is 0 Å². The molecule has 2 heterocycles. The van der Waals surface area contributed by atoms with Gasteiger partial charge in [0.05, 0.1) is 0 Å². The molecule has 0 amide bonds. The molecule has 3 rings (SSSR count). The van der Waals surface area contributed by atoms with Crippen LogP contribution in [0.15, 0.2) is 67.1 Å². The highest BCUT2D eigenvalue weighted by molar-refractivity contribution is 5.44. The third-order valence-corrected chi connectivity index (χ3v) is 4.58. The molecule has 0 saturated carbocycles. The second-order valence-corrected chi connectivity index (χ2v) is 6.95. The Kier molecular flexibility index (Phi) is 6.36. The van der Waals surface area contributed by atoms with Gasteiger partial charge in [0.25, 0.3) is 0 Å². The number of aromatic nitrogens is 3. The Morgan fingerprint density at radius 2 is 1.63 bits per heavy atom. The van der Waals surface area contributed by atoms with Crippen LogP contribution in [-0.2, 0) is 13.0 Å². The Balaban J connectivity index is 1.72. The average molecular weight is 361 g/mol. The molecule has 27 heavy (non-hydrogen) atoms. The Labute approximate surface area is 161 Å². The lowest BCUT2D eigenvalue weighted by Gasteiger charge is -2.28.